The fraction of sp³-hybridized carbons (Fsp3) is 0.786. The van der Waals surface area contributed by atoms with Crippen molar-refractivity contribution in [3.8, 4) is 0 Å². The molecule has 18 heavy (non-hydrogen) atoms. The first kappa shape index (κ1) is 14.0. The lowest BCUT2D eigenvalue weighted by molar-refractivity contribution is 0.210. The van der Waals surface area contributed by atoms with Crippen molar-refractivity contribution in [3.63, 3.8) is 0 Å². The molecule has 0 aliphatic carbocycles. The lowest BCUT2D eigenvalue weighted by atomic mass is 9.93. The Balaban J connectivity index is 2.01. The van der Waals surface area contributed by atoms with Crippen LogP contribution in [0.5, 0.6) is 0 Å². The first-order valence-electron chi connectivity index (χ1n) is 6.90. The molecule has 0 bridgehead atoms. The molecular weight excluding hydrogens is 242 g/mol. The van der Waals surface area contributed by atoms with Gasteiger partial charge in [0, 0.05) is 23.4 Å². The zero-order valence-corrected chi connectivity index (χ0v) is 12.8. The normalized spacial score (nSPS) is 20.8. The third-order valence-electron chi connectivity index (χ3n) is 3.62. The van der Waals surface area contributed by atoms with E-state index in [9.17, 15) is 0 Å². The fourth-order valence-corrected chi connectivity index (χ4v) is 3.40. The van der Waals surface area contributed by atoms with Crippen molar-refractivity contribution < 1.29 is 0 Å². The molecule has 2 heterocycles. The van der Waals surface area contributed by atoms with E-state index in [4.69, 9.17) is 4.98 Å². The second kappa shape index (κ2) is 5.68. The van der Waals surface area contributed by atoms with E-state index in [0.29, 0.717) is 6.04 Å². The zero-order chi connectivity index (χ0) is 13.2. The number of nitrogens with zero attached hydrogens (tertiary/aromatic N) is 2. The molecule has 4 heteroatoms. The van der Waals surface area contributed by atoms with Gasteiger partial charge in [0.2, 0.25) is 0 Å². The summed E-state index contributed by atoms with van der Waals surface area (Å²) in [5.41, 5.74) is 1.39. The number of nitrogens with one attached hydrogen (secondary N) is 1. The molecule has 3 nitrogen and oxygen atoms in total. The summed E-state index contributed by atoms with van der Waals surface area (Å²) in [5, 5.41) is 6.92. The van der Waals surface area contributed by atoms with Gasteiger partial charge in [0.15, 0.2) is 0 Å². The van der Waals surface area contributed by atoms with E-state index in [1.54, 1.807) is 11.3 Å². The van der Waals surface area contributed by atoms with Gasteiger partial charge in [0.25, 0.3) is 0 Å². The minimum atomic E-state index is 0.167. The Morgan fingerprint density at radius 2 is 2.28 bits per heavy atom. The summed E-state index contributed by atoms with van der Waals surface area (Å²) in [4.78, 5) is 7.34. The van der Waals surface area contributed by atoms with Gasteiger partial charge >= 0.3 is 0 Å². The van der Waals surface area contributed by atoms with Gasteiger partial charge in [-0.1, -0.05) is 27.7 Å². The molecule has 0 radical (unpaired) electrons. The monoisotopic (exact) mass is 267 g/mol. The maximum atomic E-state index is 4.80. The quantitative estimate of drug-likeness (QED) is 0.909. The highest BCUT2D eigenvalue weighted by atomic mass is 32.1. The molecule has 0 aromatic carbocycles. The molecule has 0 spiro atoms. The molecule has 1 saturated heterocycles. The number of hydrogen-bond donors (Lipinski definition) is 1. The van der Waals surface area contributed by atoms with Crippen molar-refractivity contribution in [1.29, 1.82) is 0 Å². The Morgan fingerprint density at radius 3 is 2.78 bits per heavy atom. The first-order chi connectivity index (χ1) is 8.50. The number of aromatic nitrogens is 1. The van der Waals surface area contributed by atoms with Crippen molar-refractivity contribution in [3.05, 3.63) is 16.1 Å². The molecule has 0 saturated carbocycles. The van der Waals surface area contributed by atoms with Crippen molar-refractivity contribution in [2.45, 2.75) is 52.1 Å². The van der Waals surface area contributed by atoms with Crippen LogP contribution in [0.2, 0.25) is 0 Å². The molecule has 102 valence electrons. The van der Waals surface area contributed by atoms with Gasteiger partial charge in [-0.3, -0.25) is 4.90 Å². The van der Waals surface area contributed by atoms with Gasteiger partial charge in [-0.15, -0.1) is 11.3 Å². The summed E-state index contributed by atoms with van der Waals surface area (Å²) in [6.07, 6.45) is 1.27. The predicted molar refractivity (Wildman–Crippen MR) is 78.2 cm³/mol. The van der Waals surface area contributed by atoms with Gasteiger partial charge < -0.3 is 5.32 Å². The SMILES string of the molecule is CCN(Cc1nc(C(C)(C)C)cs1)C1CCNC1. The number of hydrogen-bond acceptors (Lipinski definition) is 4. The van der Waals surface area contributed by atoms with E-state index in [0.717, 1.165) is 26.2 Å². The van der Waals surface area contributed by atoms with Crippen LogP contribution in [-0.4, -0.2) is 35.6 Å². The van der Waals surface area contributed by atoms with Gasteiger partial charge in [-0.2, -0.15) is 0 Å². The van der Waals surface area contributed by atoms with Crippen LogP contribution in [0.4, 0.5) is 0 Å². The first-order valence-corrected chi connectivity index (χ1v) is 7.78. The molecular formula is C14H25N3S. The molecule has 1 aromatic rings. The number of rotatable bonds is 4. The predicted octanol–water partition coefficient (Wildman–Crippen LogP) is 2.62. The third-order valence-corrected chi connectivity index (χ3v) is 4.45. The molecule has 0 amide bonds. The lowest BCUT2D eigenvalue weighted by Crippen LogP contribution is -2.36. The largest absolute Gasteiger partial charge is 0.315 e. The molecule has 1 unspecified atom stereocenters. The second-order valence-electron chi connectivity index (χ2n) is 6.09. The van der Waals surface area contributed by atoms with Crippen LogP contribution < -0.4 is 5.32 Å². The van der Waals surface area contributed by atoms with Crippen LogP contribution in [-0.2, 0) is 12.0 Å². The average Bonchev–Trinajstić information content (AvgIpc) is 2.95. The summed E-state index contributed by atoms with van der Waals surface area (Å²) in [6, 6.07) is 0.692. The lowest BCUT2D eigenvalue weighted by Gasteiger charge is -2.25. The van der Waals surface area contributed by atoms with E-state index < -0.39 is 0 Å². The van der Waals surface area contributed by atoms with Crippen LogP contribution in [0, 0.1) is 0 Å². The molecule has 1 aliphatic heterocycles. The van der Waals surface area contributed by atoms with Gasteiger partial charge in [0.1, 0.15) is 5.01 Å². The smallest absolute Gasteiger partial charge is 0.107 e. The highest BCUT2D eigenvalue weighted by Gasteiger charge is 2.23. The third kappa shape index (κ3) is 3.31. The van der Waals surface area contributed by atoms with E-state index in [1.807, 2.05) is 0 Å². The van der Waals surface area contributed by atoms with Crippen molar-refractivity contribution in [2.24, 2.45) is 0 Å². The van der Waals surface area contributed by atoms with Gasteiger partial charge in [-0.05, 0) is 19.5 Å². The van der Waals surface area contributed by atoms with Crippen LogP contribution >= 0.6 is 11.3 Å². The van der Waals surface area contributed by atoms with Crippen LogP contribution in [0.25, 0.3) is 0 Å². The summed E-state index contributed by atoms with van der Waals surface area (Å²) < 4.78 is 0. The van der Waals surface area contributed by atoms with Crippen molar-refractivity contribution in [2.75, 3.05) is 19.6 Å². The maximum absolute atomic E-state index is 4.80. The van der Waals surface area contributed by atoms with Crippen LogP contribution in [0.3, 0.4) is 0 Å². The zero-order valence-electron chi connectivity index (χ0n) is 12.0. The summed E-state index contributed by atoms with van der Waals surface area (Å²) in [6.45, 7) is 13.3. The number of thiazole rings is 1. The van der Waals surface area contributed by atoms with E-state index in [1.165, 1.54) is 17.1 Å². The summed E-state index contributed by atoms with van der Waals surface area (Å²) >= 11 is 1.81. The molecule has 1 aliphatic rings. The Hall–Kier alpha value is -0.450. The molecule has 1 fully saturated rings. The Labute approximate surface area is 115 Å². The Kier molecular flexibility index (Phi) is 4.41. The molecule has 1 aromatic heterocycles. The molecule has 2 rings (SSSR count). The maximum Gasteiger partial charge on any atom is 0.107 e. The van der Waals surface area contributed by atoms with Crippen LogP contribution in [0.15, 0.2) is 5.38 Å². The van der Waals surface area contributed by atoms with E-state index in [2.05, 4.69) is 43.3 Å². The van der Waals surface area contributed by atoms with Gasteiger partial charge in [-0.25, -0.2) is 4.98 Å². The van der Waals surface area contributed by atoms with Crippen molar-refractivity contribution >= 4 is 11.3 Å². The minimum absolute atomic E-state index is 0.167. The topological polar surface area (TPSA) is 28.2 Å². The van der Waals surface area contributed by atoms with Crippen LogP contribution in [0.1, 0.15) is 44.8 Å². The molecule has 1 N–H and O–H groups in total. The summed E-state index contributed by atoms with van der Waals surface area (Å²) in [5.74, 6) is 0. The molecule has 1 atom stereocenters. The van der Waals surface area contributed by atoms with E-state index in [-0.39, 0.29) is 5.41 Å². The highest BCUT2D eigenvalue weighted by molar-refractivity contribution is 7.09. The Morgan fingerprint density at radius 1 is 1.50 bits per heavy atom. The number of likely N-dealkylation sites (N-methyl/N-ethyl adjacent to an activating group) is 1. The van der Waals surface area contributed by atoms with E-state index >= 15 is 0 Å². The standard InChI is InChI=1S/C14H25N3S/c1-5-17(11-6-7-15-8-11)9-13-16-12(10-18-13)14(2,3)4/h10-11,15H,5-9H2,1-4H3. The minimum Gasteiger partial charge on any atom is -0.315 e. The summed E-state index contributed by atoms with van der Waals surface area (Å²) in [7, 11) is 0. The Bertz CT molecular complexity index is 375. The van der Waals surface area contributed by atoms with Gasteiger partial charge in [0.05, 0.1) is 12.2 Å². The van der Waals surface area contributed by atoms with Crippen molar-refractivity contribution in [1.82, 2.24) is 15.2 Å². The second-order valence-corrected chi connectivity index (χ2v) is 7.03. The average molecular weight is 267 g/mol. The highest BCUT2D eigenvalue weighted by Crippen LogP contribution is 2.25. The fourth-order valence-electron chi connectivity index (χ4n) is 2.35.